The van der Waals surface area contributed by atoms with Crippen molar-refractivity contribution in [2.24, 2.45) is 5.92 Å². The van der Waals surface area contributed by atoms with Gasteiger partial charge in [0.15, 0.2) is 0 Å². The van der Waals surface area contributed by atoms with E-state index in [2.05, 4.69) is 14.8 Å². The fourth-order valence-corrected chi connectivity index (χ4v) is 2.60. The second-order valence-corrected chi connectivity index (χ2v) is 6.28. The highest BCUT2D eigenvalue weighted by molar-refractivity contribution is 7.90. The zero-order valence-electron chi connectivity index (χ0n) is 11.7. The van der Waals surface area contributed by atoms with Crippen molar-refractivity contribution >= 4 is 15.9 Å². The van der Waals surface area contributed by atoms with E-state index in [1.807, 2.05) is 39.0 Å². The Kier molecular flexibility index (Phi) is 6.27. The second-order valence-electron chi connectivity index (χ2n) is 4.79. The minimum Gasteiger partial charge on any atom is -0.313 e. The first-order chi connectivity index (χ1) is 8.94. The lowest BCUT2D eigenvalue weighted by molar-refractivity contribution is 0.564. The molecule has 0 aliphatic carbocycles. The number of nitrogens with one attached hydrogen (secondary N) is 3. The van der Waals surface area contributed by atoms with Gasteiger partial charge in [0.2, 0.25) is 0 Å². The van der Waals surface area contributed by atoms with Gasteiger partial charge in [-0.3, -0.25) is 4.72 Å². The summed E-state index contributed by atoms with van der Waals surface area (Å²) in [6.45, 7) is 7.83. The van der Waals surface area contributed by atoms with Crippen LogP contribution >= 0.6 is 0 Å². The Hall–Kier alpha value is -1.11. The summed E-state index contributed by atoms with van der Waals surface area (Å²) in [6, 6.07) is 7.38. The molecule has 0 spiro atoms. The highest BCUT2D eigenvalue weighted by Crippen LogP contribution is 2.15. The van der Waals surface area contributed by atoms with Gasteiger partial charge in [-0.1, -0.05) is 39.0 Å². The molecular weight excluding hydrogens is 262 g/mol. The van der Waals surface area contributed by atoms with Crippen molar-refractivity contribution in [2.45, 2.75) is 27.3 Å². The van der Waals surface area contributed by atoms with Gasteiger partial charge in [0, 0.05) is 13.1 Å². The van der Waals surface area contributed by atoms with E-state index < -0.39 is 10.2 Å². The zero-order chi connectivity index (χ0) is 14.3. The Morgan fingerprint density at radius 3 is 2.53 bits per heavy atom. The Labute approximate surface area is 116 Å². The molecule has 1 aromatic carbocycles. The van der Waals surface area contributed by atoms with Crippen LogP contribution < -0.4 is 14.8 Å². The maximum absolute atomic E-state index is 11.9. The molecule has 0 amide bonds. The van der Waals surface area contributed by atoms with E-state index in [1.165, 1.54) is 0 Å². The van der Waals surface area contributed by atoms with Gasteiger partial charge in [-0.05, 0) is 24.1 Å². The van der Waals surface area contributed by atoms with Crippen LogP contribution in [-0.2, 0) is 16.8 Å². The van der Waals surface area contributed by atoms with Gasteiger partial charge in [-0.2, -0.15) is 13.1 Å². The number of rotatable bonds is 8. The van der Waals surface area contributed by atoms with E-state index >= 15 is 0 Å². The fourth-order valence-electron chi connectivity index (χ4n) is 1.49. The predicted molar refractivity (Wildman–Crippen MR) is 79.2 cm³/mol. The molecule has 3 N–H and O–H groups in total. The number of para-hydroxylation sites is 1. The number of anilines is 1. The molecule has 19 heavy (non-hydrogen) atoms. The van der Waals surface area contributed by atoms with Gasteiger partial charge < -0.3 is 5.32 Å². The minimum atomic E-state index is -3.51. The number of hydrogen-bond acceptors (Lipinski definition) is 3. The van der Waals surface area contributed by atoms with E-state index in [-0.39, 0.29) is 5.92 Å². The molecule has 0 aromatic heterocycles. The SMILES string of the molecule is CCNCc1ccccc1NS(=O)(=O)NCC(C)C. The topological polar surface area (TPSA) is 70.2 Å². The summed E-state index contributed by atoms with van der Waals surface area (Å²) in [7, 11) is -3.51. The van der Waals surface area contributed by atoms with Crippen molar-refractivity contribution in [1.29, 1.82) is 0 Å². The van der Waals surface area contributed by atoms with Crippen LogP contribution in [0.4, 0.5) is 5.69 Å². The van der Waals surface area contributed by atoms with Crippen LogP contribution in [0.1, 0.15) is 26.3 Å². The summed E-state index contributed by atoms with van der Waals surface area (Å²) >= 11 is 0. The zero-order valence-corrected chi connectivity index (χ0v) is 12.5. The molecule has 0 aliphatic rings. The summed E-state index contributed by atoms with van der Waals surface area (Å²) in [5.74, 6) is 0.272. The highest BCUT2D eigenvalue weighted by atomic mass is 32.2. The van der Waals surface area contributed by atoms with Crippen molar-refractivity contribution in [1.82, 2.24) is 10.0 Å². The molecule has 0 radical (unpaired) electrons. The summed E-state index contributed by atoms with van der Waals surface area (Å²) < 4.78 is 28.9. The van der Waals surface area contributed by atoms with E-state index in [0.717, 1.165) is 12.1 Å². The molecule has 0 aliphatic heterocycles. The maximum Gasteiger partial charge on any atom is 0.299 e. The van der Waals surface area contributed by atoms with Crippen LogP contribution in [0.2, 0.25) is 0 Å². The van der Waals surface area contributed by atoms with Gasteiger partial charge in [-0.15, -0.1) is 0 Å². The van der Waals surface area contributed by atoms with E-state index in [4.69, 9.17) is 0 Å². The summed E-state index contributed by atoms with van der Waals surface area (Å²) in [4.78, 5) is 0. The van der Waals surface area contributed by atoms with E-state index in [9.17, 15) is 8.42 Å². The smallest absolute Gasteiger partial charge is 0.299 e. The Bertz CT molecular complexity index is 486. The van der Waals surface area contributed by atoms with Crippen LogP contribution in [0.5, 0.6) is 0 Å². The Morgan fingerprint density at radius 1 is 1.21 bits per heavy atom. The normalized spacial score (nSPS) is 11.8. The first-order valence-corrected chi connectivity index (χ1v) is 7.99. The molecule has 0 atom stereocenters. The molecule has 6 heteroatoms. The molecule has 0 saturated heterocycles. The van der Waals surface area contributed by atoms with Crippen LogP contribution in [0.25, 0.3) is 0 Å². The standard InChI is InChI=1S/C13H23N3O2S/c1-4-14-10-12-7-5-6-8-13(12)16-19(17,18)15-9-11(2)3/h5-8,11,14-16H,4,9-10H2,1-3H3. The van der Waals surface area contributed by atoms with Gasteiger partial charge in [-0.25, -0.2) is 0 Å². The largest absolute Gasteiger partial charge is 0.313 e. The molecule has 1 aromatic rings. The maximum atomic E-state index is 11.9. The Balaban J connectivity index is 2.75. The third-order valence-corrected chi connectivity index (χ3v) is 3.54. The lowest BCUT2D eigenvalue weighted by atomic mass is 10.2. The first-order valence-electron chi connectivity index (χ1n) is 6.50. The molecule has 0 bridgehead atoms. The quantitative estimate of drug-likeness (QED) is 0.681. The van der Waals surface area contributed by atoms with Gasteiger partial charge in [0.05, 0.1) is 5.69 Å². The molecular formula is C13H23N3O2S. The number of benzene rings is 1. The third-order valence-electron chi connectivity index (χ3n) is 2.51. The minimum absolute atomic E-state index is 0.272. The molecule has 108 valence electrons. The third kappa shape index (κ3) is 6.04. The number of hydrogen-bond donors (Lipinski definition) is 3. The average Bonchev–Trinajstić information content (AvgIpc) is 2.35. The van der Waals surface area contributed by atoms with Crippen LogP contribution in [0.15, 0.2) is 24.3 Å². The molecule has 0 fully saturated rings. The molecule has 0 unspecified atom stereocenters. The van der Waals surface area contributed by atoms with Crippen LogP contribution in [-0.4, -0.2) is 21.5 Å². The van der Waals surface area contributed by atoms with Gasteiger partial charge in [0.25, 0.3) is 10.2 Å². The first kappa shape index (κ1) is 15.9. The summed E-state index contributed by atoms with van der Waals surface area (Å²) in [5.41, 5.74) is 1.54. The lowest BCUT2D eigenvalue weighted by Crippen LogP contribution is -2.33. The second kappa shape index (κ2) is 7.47. The summed E-state index contributed by atoms with van der Waals surface area (Å²) in [5, 5.41) is 3.19. The average molecular weight is 285 g/mol. The van der Waals surface area contributed by atoms with Crippen LogP contribution in [0.3, 0.4) is 0 Å². The van der Waals surface area contributed by atoms with Crippen LogP contribution in [0, 0.1) is 5.92 Å². The molecule has 0 saturated carbocycles. The molecule has 0 heterocycles. The lowest BCUT2D eigenvalue weighted by Gasteiger charge is -2.14. The monoisotopic (exact) mass is 285 g/mol. The van der Waals surface area contributed by atoms with Crippen molar-refractivity contribution in [2.75, 3.05) is 17.8 Å². The van der Waals surface area contributed by atoms with Crippen molar-refractivity contribution in [3.8, 4) is 0 Å². The van der Waals surface area contributed by atoms with Gasteiger partial charge in [0.1, 0.15) is 0 Å². The highest BCUT2D eigenvalue weighted by Gasteiger charge is 2.12. The van der Waals surface area contributed by atoms with Crippen molar-refractivity contribution in [3.05, 3.63) is 29.8 Å². The van der Waals surface area contributed by atoms with Gasteiger partial charge >= 0.3 is 0 Å². The molecule has 1 rings (SSSR count). The molecule has 5 nitrogen and oxygen atoms in total. The predicted octanol–water partition coefficient (Wildman–Crippen LogP) is 1.70. The fraction of sp³-hybridized carbons (Fsp3) is 0.538. The van der Waals surface area contributed by atoms with E-state index in [0.29, 0.717) is 18.8 Å². The Morgan fingerprint density at radius 2 is 1.89 bits per heavy atom. The van der Waals surface area contributed by atoms with Crippen molar-refractivity contribution < 1.29 is 8.42 Å². The summed E-state index contributed by atoms with van der Waals surface area (Å²) in [6.07, 6.45) is 0. The van der Waals surface area contributed by atoms with Crippen molar-refractivity contribution in [3.63, 3.8) is 0 Å². The van der Waals surface area contributed by atoms with E-state index in [1.54, 1.807) is 6.07 Å².